The van der Waals surface area contributed by atoms with Gasteiger partial charge >= 0.3 is 12.2 Å². The van der Waals surface area contributed by atoms with Crippen LogP contribution in [0.5, 0.6) is 0 Å². The second kappa shape index (κ2) is 15.0. The van der Waals surface area contributed by atoms with Crippen LogP contribution in [0.15, 0.2) is 72.8 Å². The van der Waals surface area contributed by atoms with Crippen molar-refractivity contribution in [3.63, 3.8) is 0 Å². The Labute approximate surface area is 305 Å². The molecule has 0 unspecified atom stereocenters. The summed E-state index contributed by atoms with van der Waals surface area (Å²) in [7, 11) is 1.71. The summed E-state index contributed by atoms with van der Waals surface area (Å²) in [6.07, 6.45) is 1.46. The molecular formula is C41H49N5O6. The first-order valence-electron chi connectivity index (χ1n) is 18.4. The van der Waals surface area contributed by atoms with E-state index in [1.165, 1.54) is 4.90 Å². The Morgan fingerprint density at radius 2 is 1.58 bits per heavy atom. The molecule has 11 nitrogen and oxygen atoms in total. The van der Waals surface area contributed by atoms with Crippen LogP contribution < -0.4 is 5.32 Å². The number of aryl methyl sites for hydroxylation is 1. The molecule has 0 saturated carbocycles. The second-order valence-electron chi connectivity index (χ2n) is 15.1. The number of aromatic nitrogens is 2. The first-order chi connectivity index (χ1) is 25.1. The lowest BCUT2D eigenvalue weighted by Crippen LogP contribution is -2.50. The average molecular weight is 708 g/mol. The highest BCUT2D eigenvalue weighted by molar-refractivity contribution is 5.83. The SMILES string of the molecule is COCCCn1c([C@@H]2CCCN(C(=O)[C@@H]3CN(C(=O)OC(C)(C)C)C[C@H]3NC(=O)OCC3c4ccccc4-c4ccccc43)C2)nc2ccccc21. The molecule has 1 aromatic heterocycles. The minimum Gasteiger partial charge on any atom is -0.449 e. The maximum Gasteiger partial charge on any atom is 0.410 e. The van der Waals surface area contributed by atoms with Crippen LogP contribution in [0.1, 0.15) is 68.8 Å². The molecule has 4 aromatic rings. The predicted octanol–water partition coefficient (Wildman–Crippen LogP) is 6.55. The third kappa shape index (κ3) is 7.37. The van der Waals surface area contributed by atoms with Gasteiger partial charge < -0.3 is 33.9 Å². The maximum absolute atomic E-state index is 14.4. The molecule has 7 rings (SSSR count). The Balaban J connectivity index is 1.07. The Hall–Kier alpha value is -4.90. The molecule has 1 aliphatic carbocycles. The number of piperidine rings is 1. The molecule has 274 valence electrons. The fourth-order valence-electron chi connectivity index (χ4n) is 8.10. The van der Waals surface area contributed by atoms with E-state index in [0.29, 0.717) is 19.7 Å². The summed E-state index contributed by atoms with van der Waals surface area (Å²) < 4.78 is 19.2. The minimum absolute atomic E-state index is 0.0459. The molecule has 2 saturated heterocycles. The summed E-state index contributed by atoms with van der Waals surface area (Å²) in [4.78, 5) is 49.7. The van der Waals surface area contributed by atoms with E-state index in [-0.39, 0.29) is 37.4 Å². The van der Waals surface area contributed by atoms with E-state index in [2.05, 4.69) is 40.2 Å². The molecule has 0 radical (unpaired) electrons. The van der Waals surface area contributed by atoms with Gasteiger partial charge in [-0.15, -0.1) is 0 Å². The van der Waals surface area contributed by atoms with E-state index in [9.17, 15) is 14.4 Å². The number of para-hydroxylation sites is 2. The number of carbonyl (C=O) groups is 3. The molecular weight excluding hydrogens is 658 g/mol. The van der Waals surface area contributed by atoms with Crippen molar-refractivity contribution in [1.82, 2.24) is 24.7 Å². The lowest BCUT2D eigenvalue weighted by Gasteiger charge is -2.35. The lowest BCUT2D eigenvalue weighted by atomic mass is 9.94. The molecule has 3 amide bonds. The molecule has 2 fully saturated rings. The van der Waals surface area contributed by atoms with E-state index in [0.717, 1.165) is 64.9 Å². The zero-order valence-electron chi connectivity index (χ0n) is 30.5. The number of imidazole rings is 1. The van der Waals surface area contributed by atoms with Gasteiger partial charge in [-0.1, -0.05) is 60.7 Å². The number of carbonyl (C=O) groups excluding carboxylic acids is 3. The number of hydrogen-bond acceptors (Lipinski definition) is 7. The Bertz CT molecular complexity index is 1890. The second-order valence-corrected chi connectivity index (χ2v) is 15.1. The number of hydrogen-bond donors (Lipinski definition) is 1. The number of ether oxygens (including phenoxy) is 3. The summed E-state index contributed by atoms with van der Waals surface area (Å²) in [5.41, 5.74) is 5.84. The number of likely N-dealkylation sites (tertiary alicyclic amines) is 2. The first kappa shape index (κ1) is 35.5. The normalized spacial score (nSPS) is 20.1. The fraction of sp³-hybridized carbons (Fsp3) is 0.463. The van der Waals surface area contributed by atoms with Gasteiger partial charge in [0.25, 0.3) is 0 Å². The first-order valence-corrected chi connectivity index (χ1v) is 18.4. The fourth-order valence-corrected chi connectivity index (χ4v) is 8.10. The smallest absolute Gasteiger partial charge is 0.410 e. The summed E-state index contributed by atoms with van der Waals surface area (Å²) in [6.45, 7) is 8.39. The number of alkyl carbamates (subject to hydrolysis) is 1. The Morgan fingerprint density at radius 1 is 0.885 bits per heavy atom. The average Bonchev–Trinajstić information content (AvgIpc) is 3.82. The van der Waals surface area contributed by atoms with Crippen LogP contribution in [0.3, 0.4) is 0 Å². The lowest BCUT2D eigenvalue weighted by molar-refractivity contribution is -0.136. The van der Waals surface area contributed by atoms with Gasteiger partial charge in [0.05, 0.1) is 23.0 Å². The van der Waals surface area contributed by atoms with Crippen LogP contribution in [0.25, 0.3) is 22.2 Å². The van der Waals surface area contributed by atoms with Crippen molar-refractivity contribution < 1.29 is 28.6 Å². The van der Waals surface area contributed by atoms with Crippen molar-refractivity contribution in [1.29, 1.82) is 0 Å². The third-order valence-electron chi connectivity index (χ3n) is 10.4. The van der Waals surface area contributed by atoms with Gasteiger partial charge in [0.2, 0.25) is 5.91 Å². The summed E-state index contributed by atoms with van der Waals surface area (Å²) in [5.74, 6) is 0.171. The third-order valence-corrected chi connectivity index (χ3v) is 10.4. The standard InChI is InChI=1S/C41H49N5O6/c1-41(2,3)52-40(49)45-24-32(35(25-45)43-39(48)51-26-33-30-16-7-5-14-28(30)29-15-6-8-17-31(29)33)38(47)44-20-11-13-27(23-44)37-42-34-18-9-10-19-36(34)46(37)21-12-22-50-4/h5-10,14-19,27,32-33,35H,11-13,20-26H2,1-4H3,(H,43,48)/t27-,32-,35-/m1/s1. The van der Waals surface area contributed by atoms with E-state index < -0.39 is 29.7 Å². The molecule has 3 heterocycles. The van der Waals surface area contributed by atoms with Gasteiger partial charge in [-0.25, -0.2) is 14.6 Å². The summed E-state index contributed by atoms with van der Waals surface area (Å²) >= 11 is 0. The van der Waals surface area contributed by atoms with Gasteiger partial charge in [-0.05, 0) is 74.4 Å². The van der Waals surface area contributed by atoms with Crippen LogP contribution in [0.2, 0.25) is 0 Å². The van der Waals surface area contributed by atoms with Gasteiger partial charge in [0, 0.05) is 58.3 Å². The van der Waals surface area contributed by atoms with Gasteiger partial charge in [-0.2, -0.15) is 0 Å². The monoisotopic (exact) mass is 707 g/mol. The van der Waals surface area contributed by atoms with Crippen LogP contribution in [-0.2, 0) is 25.5 Å². The van der Waals surface area contributed by atoms with Crippen LogP contribution in [0.4, 0.5) is 9.59 Å². The highest BCUT2D eigenvalue weighted by atomic mass is 16.6. The van der Waals surface area contributed by atoms with E-state index in [1.807, 2.05) is 68.1 Å². The number of methoxy groups -OCH3 is 1. The number of nitrogens with one attached hydrogen (secondary N) is 1. The molecule has 3 aromatic carbocycles. The van der Waals surface area contributed by atoms with E-state index >= 15 is 0 Å². The van der Waals surface area contributed by atoms with Gasteiger partial charge in [0.15, 0.2) is 0 Å². The topological polar surface area (TPSA) is 115 Å². The largest absolute Gasteiger partial charge is 0.449 e. The number of amides is 3. The highest BCUT2D eigenvalue weighted by Gasteiger charge is 2.45. The number of fused-ring (bicyclic) bond motifs is 4. The summed E-state index contributed by atoms with van der Waals surface area (Å²) in [6, 6.07) is 23.9. The Kier molecular flexibility index (Phi) is 10.2. The van der Waals surface area contributed by atoms with Crippen molar-refractivity contribution in [2.24, 2.45) is 5.92 Å². The highest BCUT2D eigenvalue weighted by Crippen LogP contribution is 2.44. The molecule has 3 atom stereocenters. The molecule has 2 aliphatic heterocycles. The minimum atomic E-state index is -0.705. The van der Waals surface area contributed by atoms with Crippen molar-refractivity contribution in [2.75, 3.05) is 46.5 Å². The number of nitrogens with zero attached hydrogens (tertiary/aromatic N) is 4. The molecule has 52 heavy (non-hydrogen) atoms. The van der Waals surface area contributed by atoms with Crippen LogP contribution in [0, 0.1) is 5.92 Å². The predicted molar refractivity (Wildman–Crippen MR) is 198 cm³/mol. The molecule has 1 N–H and O–H groups in total. The van der Waals surface area contributed by atoms with Gasteiger partial charge in [-0.3, -0.25) is 4.79 Å². The van der Waals surface area contributed by atoms with Crippen LogP contribution in [-0.4, -0.2) is 95.6 Å². The van der Waals surface area contributed by atoms with Crippen molar-refractivity contribution in [3.05, 3.63) is 89.7 Å². The van der Waals surface area contributed by atoms with Crippen molar-refractivity contribution in [2.45, 2.75) is 70.1 Å². The summed E-state index contributed by atoms with van der Waals surface area (Å²) in [5, 5.41) is 2.98. The van der Waals surface area contributed by atoms with Crippen LogP contribution >= 0.6 is 0 Å². The molecule has 11 heteroatoms. The van der Waals surface area contributed by atoms with Gasteiger partial charge in [0.1, 0.15) is 18.0 Å². The zero-order chi connectivity index (χ0) is 36.4. The molecule has 0 spiro atoms. The molecule has 0 bridgehead atoms. The quantitative estimate of drug-likeness (QED) is 0.196. The van der Waals surface area contributed by atoms with Crippen molar-refractivity contribution >= 4 is 29.1 Å². The zero-order valence-corrected chi connectivity index (χ0v) is 30.5. The molecule has 3 aliphatic rings. The maximum atomic E-state index is 14.4. The van der Waals surface area contributed by atoms with E-state index in [1.54, 1.807) is 7.11 Å². The Morgan fingerprint density at radius 3 is 2.29 bits per heavy atom. The number of benzene rings is 3. The van der Waals surface area contributed by atoms with E-state index in [4.69, 9.17) is 19.2 Å². The van der Waals surface area contributed by atoms with Crippen molar-refractivity contribution in [3.8, 4) is 11.1 Å². The number of rotatable bonds is 9.